The summed E-state index contributed by atoms with van der Waals surface area (Å²) in [6.45, 7) is 0. The molecule has 3 rings (SSSR count). The zero-order valence-electron chi connectivity index (χ0n) is 9.04. The highest BCUT2D eigenvalue weighted by Gasteiger charge is 2.43. The Balaban J connectivity index is 2.12. The molecule has 0 bridgehead atoms. The number of carbonyl (C=O) groups is 1. The monoisotopic (exact) mass is 219 g/mol. The van der Waals surface area contributed by atoms with Crippen molar-refractivity contribution in [1.29, 1.82) is 0 Å². The zero-order chi connectivity index (χ0) is 11.3. The van der Waals surface area contributed by atoms with Gasteiger partial charge in [-0.2, -0.15) is 0 Å². The average Bonchev–Trinajstić information content (AvgIpc) is 2.89. The Labute approximate surface area is 93.2 Å². The van der Waals surface area contributed by atoms with Crippen molar-refractivity contribution in [3.8, 4) is 5.75 Å². The van der Waals surface area contributed by atoms with E-state index in [9.17, 15) is 9.90 Å². The van der Waals surface area contributed by atoms with Crippen LogP contribution in [0.4, 0.5) is 5.69 Å². The molecule has 0 spiro atoms. The van der Waals surface area contributed by atoms with Gasteiger partial charge >= 0.3 is 0 Å². The maximum absolute atomic E-state index is 11.3. The number of aliphatic hydroxyl groups is 1. The first-order valence-electron chi connectivity index (χ1n) is 5.36. The normalized spacial score (nSPS) is 20.2. The van der Waals surface area contributed by atoms with Crippen LogP contribution in [0.25, 0.3) is 0 Å². The molecule has 1 aliphatic heterocycles. The molecule has 0 saturated heterocycles. The molecule has 4 nitrogen and oxygen atoms in total. The second kappa shape index (κ2) is 2.98. The summed E-state index contributed by atoms with van der Waals surface area (Å²) in [4.78, 5) is 11.3. The lowest BCUT2D eigenvalue weighted by Gasteiger charge is -2.13. The fourth-order valence-electron chi connectivity index (χ4n) is 2.15. The molecule has 4 heteroatoms. The Bertz CT molecular complexity index is 477. The lowest BCUT2D eigenvalue weighted by Crippen LogP contribution is -2.06. The van der Waals surface area contributed by atoms with Gasteiger partial charge in [0.1, 0.15) is 5.75 Å². The molecule has 1 saturated carbocycles. The van der Waals surface area contributed by atoms with Crippen molar-refractivity contribution in [2.75, 3.05) is 12.4 Å². The van der Waals surface area contributed by atoms with Crippen LogP contribution in [0, 0.1) is 0 Å². The molecule has 84 valence electrons. The Morgan fingerprint density at radius 1 is 1.44 bits per heavy atom. The van der Waals surface area contributed by atoms with E-state index in [1.54, 1.807) is 7.11 Å². The van der Waals surface area contributed by atoms with Gasteiger partial charge in [-0.15, -0.1) is 0 Å². The van der Waals surface area contributed by atoms with E-state index in [4.69, 9.17) is 4.74 Å². The molecule has 0 radical (unpaired) electrons. The number of anilines is 1. The van der Waals surface area contributed by atoms with Crippen molar-refractivity contribution < 1.29 is 14.6 Å². The summed E-state index contributed by atoms with van der Waals surface area (Å²) in [5.41, 5.74) is 1.84. The summed E-state index contributed by atoms with van der Waals surface area (Å²) in [7, 11) is 1.57. The SMILES string of the molecule is COc1cc(C2(O)CC2)cc2c1NC(=O)C2. The molecule has 0 aromatic heterocycles. The van der Waals surface area contributed by atoms with Gasteiger partial charge in [0.2, 0.25) is 5.91 Å². The number of hydrogen-bond donors (Lipinski definition) is 2. The number of fused-ring (bicyclic) bond motifs is 1. The smallest absolute Gasteiger partial charge is 0.228 e. The topological polar surface area (TPSA) is 58.6 Å². The molecule has 2 aliphatic rings. The van der Waals surface area contributed by atoms with E-state index >= 15 is 0 Å². The lowest BCUT2D eigenvalue weighted by atomic mass is 10.0. The maximum Gasteiger partial charge on any atom is 0.228 e. The third kappa shape index (κ3) is 1.30. The Morgan fingerprint density at radius 2 is 2.19 bits per heavy atom. The first-order valence-corrected chi connectivity index (χ1v) is 5.36. The Hall–Kier alpha value is -1.55. The fourth-order valence-corrected chi connectivity index (χ4v) is 2.15. The van der Waals surface area contributed by atoms with Crippen LogP contribution in [0.2, 0.25) is 0 Å². The Kier molecular flexibility index (Phi) is 1.80. The van der Waals surface area contributed by atoms with Gasteiger partial charge in [-0.1, -0.05) is 6.07 Å². The van der Waals surface area contributed by atoms with E-state index in [1.165, 1.54) is 0 Å². The summed E-state index contributed by atoms with van der Waals surface area (Å²) < 4.78 is 5.24. The molecule has 1 aromatic carbocycles. The fraction of sp³-hybridized carbons (Fsp3) is 0.417. The maximum atomic E-state index is 11.3. The molecule has 0 atom stereocenters. The molecule has 1 aliphatic carbocycles. The number of carbonyl (C=O) groups excluding carboxylic acids is 1. The second-order valence-corrected chi connectivity index (χ2v) is 4.47. The van der Waals surface area contributed by atoms with E-state index < -0.39 is 5.60 Å². The van der Waals surface area contributed by atoms with Gasteiger partial charge in [-0.3, -0.25) is 4.79 Å². The van der Waals surface area contributed by atoms with Gasteiger partial charge in [0, 0.05) is 0 Å². The van der Waals surface area contributed by atoms with Crippen LogP contribution < -0.4 is 10.1 Å². The number of rotatable bonds is 2. The minimum atomic E-state index is -0.687. The third-order valence-corrected chi connectivity index (χ3v) is 3.28. The van der Waals surface area contributed by atoms with Crippen LogP contribution in [0.5, 0.6) is 5.75 Å². The highest BCUT2D eigenvalue weighted by Crippen LogP contribution is 2.48. The van der Waals surface area contributed by atoms with Gasteiger partial charge in [0.25, 0.3) is 0 Å². The predicted octanol–water partition coefficient (Wildman–Crippen LogP) is 1.17. The molecule has 0 unspecified atom stereocenters. The van der Waals surface area contributed by atoms with E-state index in [-0.39, 0.29) is 5.91 Å². The van der Waals surface area contributed by atoms with Gasteiger partial charge in [-0.25, -0.2) is 0 Å². The van der Waals surface area contributed by atoms with Gasteiger partial charge in [0.15, 0.2) is 0 Å². The standard InChI is InChI=1S/C12H13NO3/c1-16-9-6-8(12(15)2-3-12)4-7-5-10(14)13-11(7)9/h4,6,15H,2-3,5H2,1H3,(H,13,14). The summed E-state index contributed by atoms with van der Waals surface area (Å²) in [5.74, 6) is 0.618. The number of ether oxygens (including phenoxy) is 1. The van der Waals surface area contributed by atoms with E-state index in [0.717, 1.165) is 29.7 Å². The molecule has 1 aromatic rings. The number of methoxy groups -OCH3 is 1. The zero-order valence-corrected chi connectivity index (χ0v) is 9.04. The molecular formula is C12H13NO3. The molecule has 1 amide bonds. The first-order chi connectivity index (χ1) is 7.62. The van der Waals surface area contributed by atoms with Crippen LogP contribution in [0.15, 0.2) is 12.1 Å². The molecule has 1 fully saturated rings. The minimum absolute atomic E-state index is 0.0202. The van der Waals surface area contributed by atoms with Crippen LogP contribution in [-0.4, -0.2) is 18.1 Å². The van der Waals surface area contributed by atoms with Gasteiger partial charge < -0.3 is 15.2 Å². The highest BCUT2D eigenvalue weighted by atomic mass is 16.5. The van der Waals surface area contributed by atoms with Gasteiger partial charge in [0.05, 0.1) is 24.8 Å². The van der Waals surface area contributed by atoms with Crippen molar-refractivity contribution in [1.82, 2.24) is 0 Å². The highest BCUT2D eigenvalue weighted by molar-refractivity contribution is 6.01. The summed E-state index contributed by atoms with van der Waals surface area (Å²) >= 11 is 0. The van der Waals surface area contributed by atoms with Crippen LogP contribution in [0.3, 0.4) is 0 Å². The van der Waals surface area contributed by atoms with Crippen molar-refractivity contribution >= 4 is 11.6 Å². The second-order valence-electron chi connectivity index (χ2n) is 4.47. The number of benzene rings is 1. The number of hydrogen-bond acceptors (Lipinski definition) is 3. The van der Waals surface area contributed by atoms with Crippen LogP contribution in [-0.2, 0) is 16.8 Å². The van der Waals surface area contributed by atoms with Crippen molar-refractivity contribution in [2.45, 2.75) is 24.9 Å². The summed E-state index contributed by atoms with van der Waals surface area (Å²) in [6, 6.07) is 3.72. The van der Waals surface area contributed by atoms with E-state index in [1.807, 2.05) is 12.1 Å². The summed E-state index contributed by atoms with van der Waals surface area (Å²) in [5, 5.41) is 12.8. The summed E-state index contributed by atoms with van der Waals surface area (Å²) in [6.07, 6.45) is 1.95. The van der Waals surface area contributed by atoms with E-state index in [0.29, 0.717) is 12.2 Å². The minimum Gasteiger partial charge on any atom is -0.495 e. The largest absolute Gasteiger partial charge is 0.495 e. The quantitative estimate of drug-likeness (QED) is 0.785. The number of nitrogens with one attached hydrogen (secondary N) is 1. The van der Waals surface area contributed by atoms with Crippen LogP contribution in [0.1, 0.15) is 24.0 Å². The number of amides is 1. The molecular weight excluding hydrogens is 206 g/mol. The Morgan fingerprint density at radius 3 is 2.81 bits per heavy atom. The van der Waals surface area contributed by atoms with Crippen molar-refractivity contribution in [3.63, 3.8) is 0 Å². The molecule has 1 heterocycles. The average molecular weight is 219 g/mol. The predicted molar refractivity (Wildman–Crippen MR) is 58.5 cm³/mol. The van der Waals surface area contributed by atoms with Crippen LogP contribution >= 0.6 is 0 Å². The van der Waals surface area contributed by atoms with Gasteiger partial charge in [-0.05, 0) is 30.0 Å². The lowest BCUT2D eigenvalue weighted by molar-refractivity contribution is -0.115. The van der Waals surface area contributed by atoms with Crippen molar-refractivity contribution in [2.24, 2.45) is 0 Å². The third-order valence-electron chi connectivity index (χ3n) is 3.28. The van der Waals surface area contributed by atoms with E-state index in [2.05, 4.69) is 5.32 Å². The first kappa shape index (κ1) is 9.66. The molecule has 16 heavy (non-hydrogen) atoms. The molecule has 2 N–H and O–H groups in total. The van der Waals surface area contributed by atoms with Crippen molar-refractivity contribution in [3.05, 3.63) is 23.3 Å².